The zero-order chi connectivity index (χ0) is 22.5. The molecule has 1 fully saturated rings. The van der Waals surface area contributed by atoms with Gasteiger partial charge in [-0.1, -0.05) is 43.7 Å². The number of carbonyl (C=O) groups excluding carboxylic acids is 2. The summed E-state index contributed by atoms with van der Waals surface area (Å²) in [7, 11) is 1.64. The molecule has 2 aliphatic rings. The molecule has 3 atom stereocenters. The summed E-state index contributed by atoms with van der Waals surface area (Å²) in [6.45, 7) is 2.80. The van der Waals surface area contributed by atoms with E-state index < -0.39 is 0 Å². The highest BCUT2D eigenvalue weighted by Gasteiger charge is 2.41. The molecule has 4 rings (SSSR count). The molecule has 5 nitrogen and oxygen atoms in total. The Balaban J connectivity index is 1.61. The normalized spacial score (nSPS) is 22.9. The average Bonchev–Trinajstić information content (AvgIpc) is 2.83. The van der Waals surface area contributed by atoms with Crippen LogP contribution in [0.1, 0.15) is 62.2 Å². The first-order chi connectivity index (χ1) is 15.6. The second kappa shape index (κ2) is 10.4. The Bertz CT molecular complexity index is 946. The maximum Gasteiger partial charge on any atom is 0.226 e. The standard InChI is InChI=1S/C26H32N2O3S/c1-3-4-16-28-24(29)14-13-21(25(28)18-9-11-19(31-2)12-10-18)26(30)27-22-15-17-32-23-8-6-5-7-20(22)23/h5-12,21-22,25H,3-4,13-17H2,1-2H3,(H,27,30)/t21-,22+,25-/m0/s1. The van der Waals surface area contributed by atoms with Gasteiger partial charge in [-0.3, -0.25) is 9.59 Å². The van der Waals surface area contributed by atoms with Crippen LogP contribution in [0.5, 0.6) is 5.75 Å². The van der Waals surface area contributed by atoms with E-state index >= 15 is 0 Å². The highest BCUT2D eigenvalue weighted by Crippen LogP contribution is 2.40. The molecule has 0 aromatic heterocycles. The van der Waals surface area contributed by atoms with Gasteiger partial charge in [-0.05, 0) is 48.6 Å². The Hall–Kier alpha value is -2.47. The van der Waals surface area contributed by atoms with Gasteiger partial charge in [-0.25, -0.2) is 0 Å². The fourth-order valence-electron chi connectivity index (χ4n) is 4.80. The lowest BCUT2D eigenvalue weighted by atomic mass is 9.83. The summed E-state index contributed by atoms with van der Waals surface area (Å²) in [4.78, 5) is 29.7. The number of hydrogen-bond donors (Lipinski definition) is 1. The Morgan fingerprint density at radius 3 is 2.69 bits per heavy atom. The molecule has 0 unspecified atom stereocenters. The van der Waals surface area contributed by atoms with Crippen LogP contribution >= 0.6 is 11.8 Å². The van der Waals surface area contributed by atoms with Gasteiger partial charge in [-0.15, -0.1) is 11.8 Å². The second-order valence-electron chi connectivity index (χ2n) is 8.54. The van der Waals surface area contributed by atoms with Gasteiger partial charge in [0.25, 0.3) is 0 Å². The van der Waals surface area contributed by atoms with Crippen molar-refractivity contribution >= 4 is 23.6 Å². The van der Waals surface area contributed by atoms with E-state index in [1.54, 1.807) is 7.11 Å². The summed E-state index contributed by atoms with van der Waals surface area (Å²) in [5.41, 5.74) is 2.20. The third-order valence-corrected chi connectivity index (χ3v) is 7.65. The lowest BCUT2D eigenvalue weighted by Crippen LogP contribution is -2.49. The quantitative estimate of drug-likeness (QED) is 0.633. The molecule has 0 spiro atoms. The Morgan fingerprint density at radius 2 is 1.94 bits per heavy atom. The molecule has 2 aromatic carbocycles. The summed E-state index contributed by atoms with van der Waals surface area (Å²) in [5, 5.41) is 3.34. The molecule has 170 valence electrons. The number of benzene rings is 2. The number of ether oxygens (including phenoxy) is 1. The van der Waals surface area contributed by atoms with Crippen molar-refractivity contribution in [3.8, 4) is 5.75 Å². The molecule has 2 amide bonds. The van der Waals surface area contributed by atoms with E-state index in [4.69, 9.17) is 4.74 Å². The SMILES string of the molecule is CCCCN1C(=O)CC[C@H](C(=O)N[C@@H]2CCSc3ccccc32)[C@@H]1c1ccc(OC)cc1. The molecule has 0 saturated carbocycles. The number of likely N-dealkylation sites (tertiary alicyclic amines) is 1. The minimum atomic E-state index is -0.264. The topological polar surface area (TPSA) is 58.6 Å². The van der Waals surface area contributed by atoms with Crippen LogP contribution in [0.2, 0.25) is 0 Å². The molecule has 1 saturated heterocycles. The molecule has 6 heteroatoms. The molecule has 0 bridgehead atoms. The van der Waals surface area contributed by atoms with Crippen molar-refractivity contribution in [1.82, 2.24) is 10.2 Å². The van der Waals surface area contributed by atoms with Crippen LogP contribution in [0, 0.1) is 5.92 Å². The van der Waals surface area contributed by atoms with E-state index in [0.29, 0.717) is 19.4 Å². The Morgan fingerprint density at radius 1 is 1.16 bits per heavy atom. The number of amides is 2. The van der Waals surface area contributed by atoms with E-state index in [1.165, 1.54) is 10.5 Å². The number of fused-ring (bicyclic) bond motifs is 1. The fraction of sp³-hybridized carbons (Fsp3) is 0.462. The molecule has 2 heterocycles. The van der Waals surface area contributed by atoms with E-state index in [0.717, 1.165) is 36.3 Å². The highest BCUT2D eigenvalue weighted by molar-refractivity contribution is 7.99. The van der Waals surface area contributed by atoms with Gasteiger partial charge in [0.15, 0.2) is 0 Å². The third-order valence-electron chi connectivity index (χ3n) is 6.53. The van der Waals surface area contributed by atoms with Gasteiger partial charge in [-0.2, -0.15) is 0 Å². The smallest absolute Gasteiger partial charge is 0.226 e. The predicted octanol–water partition coefficient (Wildman–Crippen LogP) is 5.13. The zero-order valence-corrected chi connectivity index (χ0v) is 19.7. The number of rotatable bonds is 7. The largest absolute Gasteiger partial charge is 0.497 e. The Kier molecular flexibility index (Phi) is 7.40. The van der Waals surface area contributed by atoms with Gasteiger partial charge in [0.1, 0.15) is 5.75 Å². The van der Waals surface area contributed by atoms with Crippen LogP contribution in [0.4, 0.5) is 0 Å². The number of nitrogens with zero attached hydrogens (tertiary/aromatic N) is 1. The van der Waals surface area contributed by atoms with E-state index in [9.17, 15) is 9.59 Å². The fourth-order valence-corrected chi connectivity index (χ4v) is 5.93. The molecule has 2 aliphatic heterocycles. The van der Waals surface area contributed by atoms with Crippen molar-refractivity contribution < 1.29 is 14.3 Å². The summed E-state index contributed by atoms with van der Waals surface area (Å²) in [6, 6.07) is 15.9. The number of unbranched alkanes of at least 4 members (excludes halogenated alkanes) is 1. The maximum absolute atomic E-state index is 13.6. The number of methoxy groups -OCH3 is 1. The van der Waals surface area contributed by atoms with Crippen LogP contribution in [0.3, 0.4) is 0 Å². The van der Waals surface area contributed by atoms with E-state index in [2.05, 4.69) is 24.4 Å². The van der Waals surface area contributed by atoms with Crippen molar-refractivity contribution in [3.05, 3.63) is 59.7 Å². The maximum atomic E-state index is 13.6. The first-order valence-corrected chi connectivity index (χ1v) is 12.6. The van der Waals surface area contributed by atoms with Crippen molar-refractivity contribution in [3.63, 3.8) is 0 Å². The zero-order valence-electron chi connectivity index (χ0n) is 18.9. The monoisotopic (exact) mass is 452 g/mol. The van der Waals surface area contributed by atoms with Gasteiger partial charge in [0.05, 0.1) is 25.1 Å². The van der Waals surface area contributed by atoms with E-state index in [-0.39, 0.29) is 29.8 Å². The Labute approximate surface area is 194 Å². The number of carbonyl (C=O) groups is 2. The third kappa shape index (κ3) is 4.80. The lowest BCUT2D eigenvalue weighted by molar-refractivity contribution is -0.143. The van der Waals surface area contributed by atoms with Gasteiger partial charge in [0.2, 0.25) is 11.8 Å². The summed E-state index contributed by atoms with van der Waals surface area (Å²) in [5.74, 6) is 1.69. The van der Waals surface area contributed by atoms with Crippen molar-refractivity contribution in [2.45, 2.75) is 56.0 Å². The van der Waals surface area contributed by atoms with Crippen molar-refractivity contribution in [2.24, 2.45) is 5.92 Å². The number of thioether (sulfide) groups is 1. The number of piperidine rings is 1. The first kappa shape index (κ1) is 22.7. The van der Waals surface area contributed by atoms with Gasteiger partial charge < -0.3 is 15.0 Å². The molecular weight excluding hydrogens is 420 g/mol. The van der Waals surface area contributed by atoms with Crippen LogP contribution < -0.4 is 10.1 Å². The molecule has 32 heavy (non-hydrogen) atoms. The second-order valence-corrected chi connectivity index (χ2v) is 9.68. The van der Waals surface area contributed by atoms with Crippen LogP contribution in [0.25, 0.3) is 0 Å². The lowest BCUT2D eigenvalue weighted by Gasteiger charge is -2.41. The number of hydrogen-bond acceptors (Lipinski definition) is 4. The van der Waals surface area contributed by atoms with Crippen LogP contribution in [0.15, 0.2) is 53.4 Å². The van der Waals surface area contributed by atoms with Gasteiger partial charge in [0, 0.05) is 23.6 Å². The minimum Gasteiger partial charge on any atom is -0.497 e. The van der Waals surface area contributed by atoms with Crippen molar-refractivity contribution in [1.29, 1.82) is 0 Å². The molecule has 0 radical (unpaired) electrons. The van der Waals surface area contributed by atoms with Gasteiger partial charge >= 0.3 is 0 Å². The molecular formula is C26H32N2O3S. The molecule has 2 aromatic rings. The van der Waals surface area contributed by atoms with Crippen molar-refractivity contribution in [2.75, 3.05) is 19.4 Å². The number of nitrogens with one attached hydrogen (secondary N) is 1. The molecule has 1 N–H and O–H groups in total. The van der Waals surface area contributed by atoms with Crippen LogP contribution in [-0.2, 0) is 9.59 Å². The minimum absolute atomic E-state index is 0.0261. The summed E-state index contributed by atoms with van der Waals surface area (Å²) in [6.07, 6.45) is 3.86. The molecule has 0 aliphatic carbocycles. The van der Waals surface area contributed by atoms with E-state index in [1.807, 2.05) is 53.1 Å². The summed E-state index contributed by atoms with van der Waals surface area (Å²) < 4.78 is 5.32. The average molecular weight is 453 g/mol. The first-order valence-electron chi connectivity index (χ1n) is 11.6. The predicted molar refractivity (Wildman–Crippen MR) is 128 cm³/mol. The van der Waals surface area contributed by atoms with Crippen LogP contribution in [-0.4, -0.2) is 36.1 Å². The summed E-state index contributed by atoms with van der Waals surface area (Å²) >= 11 is 1.85. The highest BCUT2D eigenvalue weighted by atomic mass is 32.2.